The van der Waals surface area contributed by atoms with E-state index in [9.17, 15) is 4.79 Å². The van der Waals surface area contributed by atoms with Gasteiger partial charge in [0.2, 0.25) is 0 Å². The van der Waals surface area contributed by atoms with E-state index in [0.29, 0.717) is 6.54 Å². The van der Waals surface area contributed by atoms with Crippen LogP contribution in [0.25, 0.3) is 0 Å². The summed E-state index contributed by atoms with van der Waals surface area (Å²) in [6.45, 7) is 4.09. The molecular formula is C12H15ClN4O. The molecular weight excluding hydrogens is 252 g/mol. The van der Waals surface area contributed by atoms with Gasteiger partial charge in [-0.05, 0) is 26.0 Å². The van der Waals surface area contributed by atoms with Gasteiger partial charge in [-0.15, -0.1) is 0 Å². The van der Waals surface area contributed by atoms with Gasteiger partial charge < -0.3 is 10.6 Å². The van der Waals surface area contributed by atoms with E-state index in [-0.39, 0.29) is 34.9 Å². The molecule has 18 heavy (non-hydrogen) atoms. The van der Waals surface area contributed by atoms with E-state index in [4.69, 9.17) is 22.6 Å². The molecule has 0 atom stereocenters. The van der Waals surface area contributed by atoms with Gasteiger partial charge in [0, 0.05) is 12.6 Å². The number of amides is 1. The number of carbonyl (C=O) groups excluding carboxylic acids is 1. The monoisotopic (exact) mass is 266 g/mol. The zero-order valence-corrected chi connectivity index (χ0v) is 11.1. The highest BCUT2D eigenvalue weighted by Crippen LogP contribution is 2.18. The Morgan fingerprint density at radius 2 is 2.28 bits per heavy atom. The van der Waals surface area contributed by atoms with Crippen LogP contribution < -0.4 is 5.73 Å². The van der Waals surface area contributed by atoms with E-state index in [2.05, 4.69) is 4.98 Å². The van der Waals surface area contributed by atoms with Crippen LogP contribution in [0.4, 0.5) is 5.82 Å². The maximum Gasteiger partial charge on any atom is 0.274 e. The summed E-state index contributed by atoms with van der Waals surface area (Å²) in [6, 6.07) is 5.05. The second-order valence-corrected chi connectivity index (χ2v) is 4.47. The van der Waals surface area contributed by atoms with Crippen molar-refractivity contribution in [1.82, 2.24) is 9.88 Å². The third-order valence-electron chi connectivity index (χ3n) is 2.42. The van der Waals surface area contributed by atoms with E-state index in [0.717, 1.165) is 0 Å². The Kier molecular flexibility index (Phi) is 4.93. The fourth-order valence-electron chi connectivity index (χ4n) is 1.51. The number of anilines is 1. The molecule has 0 radical (unpaired) electrons. The smallest absolute Gasteiger partial charge is 0.274 e. The largest absolute Gasteiger partial charge is 0.384 e. The molecule has 0 aliphatic heterocycles. The second kappa shape index (κ2) is 6.22. The van der Waals surface area contributed by atoms with Gasteiger partial charge in [0.1, 0.15) is 11.5 Å². The summed E-state index contributed by atoms with van der Waals surface area (Å²) in [5, 5.41) is 8.86. The van der Waals surface area contributed by atoms with Crippen LogP contribution in [0.15, 0.2) is 12.1 Å². The summed E-state index contributed by atoms with van der Waals surface area (Å²) in [4.78, 5) is 17.8. The third-order valence-corrected chi connectivity index (χ3v) is 2.72. The van der Waals surface area contributed by atoms with Crippen LogP contribution in [-0.2, 0) is 0 Å². The molecule has 0 aromatic carbocycles. The highest BCUT2D eigenvalue weighted by molar-refractivity contribution is 6.33. The molecule has 0 unspecified atom stereocenters. The van der Waals surface area contributed by atoms with E-state index in [1.54, 1.807) is 11.0 Å². The number of hydrogen-bond donors (Lipinski definition) is 1. The maximum absolute atomic E-state index is 12.3. The highest BCUT2D eigenvalue weighted by Gasteiger charge is 2.22. The second-order valence-electron chi connectivity index (χ2n) is 4.07. The van der Waals surface area contributed by atoms with Crippen molar-refractivity contribution in [2.75, 3.05) is 12.3 Å². The molecule has 1 heterocycles. The number of pyridine rings is 1. The number of hydrogen-bond acceptors (Lipinski definition) is 4. The Bertz CT molecular complexity index is 481. The first-order valence-corrected chi connectivity index (χ1v) is 5.95. The van der Waals surface area contributed by atoms with Crippen molar-refractivity contribution in [3.8, 4) is 6.07 Å². The summed E-state index contributed by atoms with van der Waals surface area (Å²) in [5.41, 5.74) is 5.68. The molecule has 0 saturated heterocycles. The number of carbonyl (C=O) groups is 1. The van der Waals surface area contributed by atoms with Crippen LogP contribution in [0.2, 0.25) is 5.02 Å². The van der Waals surface area contributed by atoms with Crippen LogP contribution in [0.5, 0.6) is 0 Å². The quantitative estimate of drug-likeness (QED) is 0.904. The van der Waals surface area contributed by atoms with Crippen LogP contribution in [0.3, 0.4) is 0 Å². The topological polar surface area (TPSA) is 83.0 Å². The van der Waals surface area contributed by atoms with Gasteiger partial charge in [0.05, 0.1) is 17.5 Å². The predicted octanol–water partition coefficient (Wildman–Crippen LogP) is 2.08. The Hall–Kier alpha value is -1.80. The number of aromatic nitrogens is 1. The molecule has 2 N–H and O–H groups in total. The number of nitrogens with zero attached hydrogens (tertiary/aromatic N) is 3. The standard InChI is InChI=1S/C12H15ClN4O/c1-8(2)17(7-3-6-14)12(18)11-9(13)4-5-10(15)16-11/h4-5,8H,3,7H2,1-2H3,(H2,15,16). The molecule has 1 amide bonds. The van der Waals surface area contributed by atoms with E-state index in [1.165, 1.54) is 6.07 Å². The fourth-order valence-corrected chi connectivity index (χ4v) is 1.69. The van der Waals surface area contributed by atoms with Crippen molar-refractivity contribution >= 4 is 23.3 Å². The third kappa shape index (κ3) is 3.34. The van der Waals surface area contributed by atoms with Gasteiger partial charge in [0.25, 0.3) is 5.91 Å². The van der Waals surface area contributed by atoms with Crippen molar-refractivity contribution in [3.05, 3.63) is 22.8 Å². The van der Waals surface area contributed by atoms with Crippen molar-refractivity contribution in [2.45, 2.75) is 26.3 Å². The number of nitrogen functional groups attached to an aromatic ring is 1. The lowest BCUT2D eigenvalue weighted by Gasteiger charge is -2.25. The average molecular weight is 267 g/mol. The molecule has 1 rings (SSSR count). The van der Waals surface area contributed by atoms with Gasteiger partial charge in [0.15, 0.2) is 0 Å². The first kappa shape index (κ1) is 14.3. The number of halogens is 1. The number of nitrogens with two attached hydrogens (primary N) is 1. The molecule has 96 valence electrons. The average Bonchev–Trinajstić information content (AvgIpc) is 2.32. The fraction of sp³-hybridized carbons (Fsp3) is 0.417. The minimum atomic E-state index is -0.308. The lowest BCUT2D eigenvalue weighted by atomic mass is 10.2. The zero-order chi connectivity index (χ0) is 13.7. The van der Waals surface area contributed by atoms with Crippen molar-refractivity contribution in [2.24, 2.45) is 0 Å². The summed E-state index contributed by atoms with van der Waals surface area (Å²) in [5.74, 6) is -0.0655. The Morgan fingerprint density at radius 3 is 2.83 bits per heavy atom. The van der Waals surface area contributed by atoms with E-state index >= 15 is 0 Å². The first-order valence-electron chi connectivity index (χ1n) is 5.57. The van der Waals surface area contributed by atoms with E-state index < -0.39 is 0 Å². The Labute approximate surface area is 111 Å². The maximum atomic E-state index is 12.3. The summed E-state index contributed by atoms with van der Waals surface area (Å²) in [6.07, 6.45) is 0.268. The number of rotatable bonds is 4. The zero-order valence-electron chi connectivity index (χ0n) is 10.4. The van der Waals surface area contributed by atoms with Gasteiger partial charge in [-0.1, -0.05) is 11.6 Å². The molecule has 5 nitrogen and oxygen atoms in total. The van der Waals surface area contributed by atoms with Crippen LogP contribution in [0.1, 0.15) is 30.8 Å². The molecule has 0 fully saturated rings. The minimum absolute atomic E-state index is 0.0369. The van der Waals surface area contributed by atoms with Crippen LogP contribution >= 0.6 is 11.6 Å². The highest BCUT2D eigenvalue weighted by atomic mass is 35.5. The summed E-state index contributed by atoms with van der Waals surface area (Å²) in [7, 11) is 0. The molecule has 0 saturated carbocycles. The summed E-state index contributed by atoms with van der Waals surface area (Å²) >= 11 is 5.94. The minimum Gasteiger partial charge on any atom is -0.384 e. The van der Waals surface area contributed by atoms with Crippen molar-refractivity contribution < 1.29 is 4.79 Å². The van der Waals surface area contributed by atoms with Gasteiger partial charge in [-0.25, -0.2) is 4.98 Å². The van der Waals surface area contributed by atoms with Crippen LogP contribution in [-0.4, -0.2) is 28.4 Å². The van der Waals surface area contributed by atoms with Gasteiger partial charge in [-0.3, -0.25) is 4.79 Å². The molecule has 1 aromatic rings. The Morgan fingerprint density at radius 1 is 1.61 bits per heavy atom. The predicted molar refractivity (Wildman–Crippen MR) is 70.1 cm³/mol. The normalized spacial score (nSPS) is 10.2. The molecule has 0 spiro atoms. The van der Waals surface area contributed by atoms with Gasteiger partial charge >= 0.3 is 0 Å². The van der Waals surface area contributed by atoms with Crippen molar-refractivity contribution in [3.63, 3.8) is 0 Å². The lowest BCUT2D eigenvalue weighted by molar-refractivity contribution is 0.0704. The molecule has 0 bridgehead atoms. The molecule has 6 heteroatoms. The molecule has 1 aromatic heterocycles. The van der Waals surface area contributed by atoms with Crippen molar-refractivity contribution in [1.29, 1.82) is 5.26 Å². The number of nitriles is 1. The van der Waals surface area contributed by atoms with Crippen LogP contribution in [0, 0.1) is 11.3 Å². The lowest BCUT2D eigenvalue weighted by Crippen LogP contribution is -2.38. The SMILES string of the molecule is CC(C)N(CCC#N)C(=O)c1nc(N)ccc1Cl. The summed E-state index contributed by atoms with van der Waals surface area (Å²) < 4.78 is 0. The van der Waals surface area contributed by atoms with E-state index in [1.807, 2.05) is 19.9 Å². The van der Waals surface area contributed by atoms with Gasteiger partial charge in [-0.2, -0.15) is 5.26 Å². The molecule has 0 aliphatic rings. The Balaban J connectivity index is 3.02. The first-order chi connectivity index (χ1) is 8.47. The molecule has 0 aliphatic carbocycles.